The highest BCUT2D eigenvalue weighted by atomic mass is 32.2. The average molecular weight is 454 g/mol. The van der Waals surface area contributed by atoms with Crippen LogP contribution < -0.4 is 4.18 Å². The quantitative estimate of drug-likeness (QED) is 0.519. The lowest BCUT2D eigenvalue weighted by Gasteiger charge is -2.58. The summed E-state index contributed by atoms with van der Waals surface area (Å²) in [5.74, 6) is -0.300. The Hall–Kier alpha value is -1.33. The number of alkyl halides is 3. The van der Waals surface area contributed by atoms with Crippen LogP contribution in [-0.2, 0) is 32.0 Å². The van der Waals surface area contributed by atoms with Crippen LogP contribution >= 0.6 is 0 Å². The standard InChI is InChI=1S/C18H22F3NO5S2/c1-28(23,24)22-9-8-17-7-3-2-4-14(17)16(22)10-12-5-6-13(11-15(12)17)27-29(25,26)18(19,20)21/h5-6,11,14,16H,2-4,7-10H2,1H3/t14-,16+,17+/m0/s1. The SMILES string of the molecule is CS(=O)(=O)N1CC[C@]23CCCC[C@H]2[C@H]1Cc1ccc(OS(=O)(=O)C(F)(F)F)cc13. The minimum absolute atomic E-state index is 0.0571. The molecule has 6 nitrogen and oxygen atoms in total. The molecule has 3 aliphatic rings. The lowest BCUT2D eigenvalue weighted by Crippen LogP contribution is -2.61. The Balaban J connectivity index is 1.78. The summed E-state index contributed by atoms with van der Waals surface area (Å²) >= 11 is 0. The van der Waals surface area contributed by atoms with Crippen LogP contribution in [0.2, 0.25) is 0 Å². The maximum atomic E-state index is 12.7. The highest BCUT2D eigenvalue weighted by molar-refractivity contribution is 7.88. The minimum Gasteiger partial charge on any atom is -0.376 e. The number of hydrogen-bond donors (Lipinski definition) is 0. The van der Waals surface area contributed by atoms with E-state index in [1.165, 1.54) is 18.4 Å². The molecular weight excluding hydrogens is 431 g/mol. The molecule has 0 N–H and O–H groups in total. The number of nitrogens with zero attached hydrogens (tertiary/aromatic N) is 1. The zero-order valence-electron chi connectivity index (χ0n) is 15.8. The molecule has 0 unspecified atom stereocenters. The van der Waals surface area contributed by atoms with E-state index in [9.17, 15) is 30.0 Å². The molecule has 0 amide bonds. The normalized spacial score (nSPS) is 30.3. The van der Waals surface area contributed by atoms with Gasteiger partial charge < -0.3 is 4.18 Å². The topological polar surface area (TPSA) is 80.8 Å². The van der Waals surface area contributed by atoms with Crippen molar-refractivity contribution in [1.29, 1.82) is 0 Å². The molecule has 1 aromatic carbocycles. The van der Waals surface area contributed by atoms with Gasteiger partial charge in [0.15, 0.2) is 0 Å². The summed E-state index contributed by atoms with van der Waals surface area (Å²) in [5.41, 5.74) is -4.21. The van der Waals surface area contributed by atoms with Gasteiger partial charge in [0.25, 0.3) is 0 Å². The molecule has 0 spiro atoms. The number of benzene rings is 1. The maximum Gasteiger partial charge on any atom is 0.534 e. The van der Waals surface area contributed by atoms with Crippen molar-refractivity contribution in [3.63, 3.8) is 0 Å². The van der Waals surface area contributed by atoms with E-state index in [4.69, 9.17) is 0 Å². The molecular formula is C18H22F3NO5S2. The summed E-state index contributed by atoms with van der Waals surface area (Å²) in [5, 5.41) is 0. The zero-order chi connectivity index (χ0) is 21.2. The Morgan fingerprint density at radius 1 is 1.14 bits per heavy atom. The minimum atomic E-state index is -5.75. The van der Waals surface area contributed by atoms with Gasteiger partial charge >= 0.3 is 15.6 Å². The molecule has 2 aliphatic carbocycles. The number of piperidine rings is 1. The van der Waals surface area contributed by atoms with Gasteiger partial charge in [0.2, 0.25) is 10.0 Å². The van der Waals surface area contributed by atoms with Crippen LogP contribution in [0.3, 0.4) is 0 Å². The van der Waals surface area contributed by atoms with Gasteiger partial charge in [-0.1, -0.05) is 18.9 Å². The van der Waals surface area contributed by atoms with Gasteiger partial charge in [0.1, 0.15) is 5.75 Å². The molecule has 0 radical (unpaired) electrons. The van der Waals surface area contributed by atoms with Gasteiger partial charge in [-0.3, -0.25) is 0 Å². The van der Waals surface area contributed by atoms with E-state index >= 15 is 0 Å². The first kappa shape index (κ1) is 20.9. The average Bonchev–Trinajstić information content (AvgIpc) is 2.60. The molecule has 3 atom stereocenters. The van der Waals surface area contributed by atoms with Crippen LogP contribution in [0.15, 0.2) is 18.2 Å². The Morgan fingerprint density at radius 2 is 1.86 bits per heavy atom. The molecule has 1 saturated carbocycles. The van der Waals surface area contributed by atoms with E-state index in [-0.39, 0.29) is 23.1 Å². The fourth-order valence-electron chi connectivity index (χ4n) is 5.59. The van der Waals surface area contributed by atoms with Crippen molar-refractivity contribution in [2.75, 3.05) is 12.8 Å². The molecule has 0 aromatic heterocycles. The molecule has 29 heavy (non-hydrogen) atoms. The van der Waals surface area contributed by atoms with Crippen molar-refractivity contribution in [3.8, 4) is 5.75 Å². The third-order valence-electron chi connectivity index (χ3n) is 6.67. The van der Waals surface area contributed by atoms with Crippen LogP contribution in [-0.4, -0.2) is 45.5 Å². The van der Waals surface area contributed by atoms with Crippen molar-refractivity contribution in [2.24, 2.45) is 5.92 Å². The molecule has 2 fully saturated rings. The molecule has 1 heterocycles. The summed E-state index contributed by atoms with van der Waals surface area (Å²) in [6.07, 6.45) is 5.76. The Kier molecular flexibility index (Phi) is 4.75. The van der Waals surface area contributed by atoms with Crippen LogP contribution in [0.25, 0.3) is 0 Å². The number of rotatable bonds is 3. The van der Waals surface area contributed by atoms with E-state index in [1.54, 1.807) is 10.4 Å². The van der Waals surface area contributed by atoms with E-state index in [0.29, 0.717) is 19.4 Å². The van der Waals surface area contributed by atoms with Crippen molar-refractivity contribution in [1.82, 2.24) is 4.31 Å². The van der Waals surface area contributed by atoms with Crippen molar-refractivity contribution < 1.29 is 34.2 Å². The van der Waals surface area contributed by atoms with E-state index in [0.717, 1.165) is 36.8 Å². The molecule has 1 aromatic rings. The van der Waals surface area contributed by atoms with Gasteiger partial charge in [-0.05, 0) is 54.9 Å². The van der Waals surface area contributed by atoms with E-state index in [2.05, 4.69) is 4.18 Å². The first-order valence-electron chi connectivity index (χ1n) is 9.46. The maximum absolute atomic E-state index is 12.7. The second-order valence-corrected chi connectivity index (χ2v) is 11.7. The number of hydrogen-bond acceptors (Lipinski definition) is 5. The van der Waals surface area contributed by atoms with Crippen LogP contribution in [0.1, 0.15) is 43.2 Å². The molecule has 162 valence electrons. The fraction of sp³-hybridized carbons (Fsp3) is 0.667. The number of halogens is 3. The van der Waals surface area contributed by atoms with Gasteiger partial charge in [0.05, 0.1) is 6.26 Å². The highest BCUT2D eigenvalue weighted by Gasteiger charge is 2.56. The van der Waals surface area contributed by atoms with Crippen molar-refractivity contribution in [3.05, 3.63) is 29.3 Å². The van der Waals surface area contributed by atoms with Gasteiger partial charge in [0, 0.05) is 18.0 Å². The largest absolute Gasteiger partial charge is 0.534 e. The smallest absolute Gasteiger partial charge is 0.376 e. The fourth-order valence-corrected chi connectivity index (χ4v) is 7.17. The molecule has 4 rings (SSSR count). The van der Waals surface area contributed by atoms with Gasteiger partial charge in [-0.25, -0.2) is 8.42 Å². The molecule has 2 bridgehead atoms. The van der Waals surface area contributed by atoms with Crippen LogP contribution in [0.4, 0.5) is 13.2 Å². The van der Waals surface area contributed by atoms with Crippen molar-refractivity contribution in [2.45, 2.75) is 55.5 Å². The molecule has 1 aliphatic heterocycles. The van der Waals surface area contributed by atoms with Crippen molar-refractivity contribution >= 4 is 20.1 Å². The number of fused-ring (bicyclic) bond motifs is 1. The second kappa shape index (κ2) is 6.58. The predicted molar refractivity (Wildman–Crippen MR) is 99.3 cm³/mol. The Bertz CT molecular complexity index is 1040. The third-order valence-corrected chi connectivity index (χ3v) is 8.96. The molecule has 11 heteroatoms. The lowest BCUT2D eigenvalue weighted by atomic mass is 9.53. The Morgan fingerprint density at radius 3 is 2.52 bits per heavy atom. The summed E-state index contributed by atoms with van der Waals surface area (Å²) in [4.78, 5) is 0. The lowest BCUT2D eigenvalue weighted by molar-refractivity contribution is -0.0500. The molecule has 1 saturated heterocycles. The predicted octanol–water partition coefficient (Wildman–Crippen LogP) is 2.93. The summed E-state index contributed by atoms with van der Waals surface area (Å²) < 4.78 is 91.5. The summed E-state index contributed by atoms with van der Waals surface area (Å²) in [6.45, 7) is 0.353. The third kappa shape index (κ3) is 3.34. The number of sulfonamides is 1. The summed E-state index contributed by atoms with van der Waals surface area (Å²) in [6, 6.07) is 4.02. The first-order chi connectivity index (χ1) is 13.4. The second-order valence-electron chi connectivity index (χ2n) is 8.21. The highest BCUT2D eigenvalue weighted by Crippen LogP contribution is 2.56. The van der Waals surface area contributed by atoms with Crippen LogP contribution in [0.5, 0.6) is 5.75 Å². The van der Waals surface area contributed by atoms with Crippen LogP contribution in [0, 0.1) is 5.92 Å². The van der Waals surface area contributed by atoms with E-state index in [1.807, 2.05) is 0 Å². The van der Waals surface area contributed by atoms with Gasteiger partial charge in [-0.15, -0.1) is 0 Å². The monoisotopic (exact) mass is 453 g/mol. The summed E-state index contributed by atoms with van der Waals surface area (Å²) in [7, 11) is -9.12. The van der Waals surface area contributed by atoms with Gasteiger partial charge in [-0.2, -0.15) is 25.9 Å². The first-order valence-corrected chi connectivity index (χ1v) is 12.7. The van der Waals surface area contributed by atoms with E-state index < -0.39 is 25.6 Å². The Labute approximate surface area is 168 Å². The zero-order valence-corrected chi connectivity index (χ0v) is 17.4.